The van der Waals surface area contributed by atoms with Crippen molar-refractivity contribution in [2.24, 2.45) is 0 Å². The molecule has 1 N–H and O–H groups in total. The van der Waals surface area contributed by atoms with E-state index in [1.807, 2.05) is 0 Å². The van der Waals surface area contributed by atoms with E-state index in [2.05, 4.69) is 10.4 Å². The highest BCUT2D eigenvalue weighted by Gasteiger charge is 2.40. The molecule has 2 aromatic carbocycles. The first-order valence-corrected chi connectivity index (χ1v) is 7.98. The molecule has 0 radical (unpaired) electrons. The number of nitrogens with one attached hydrogen (secondary N) is 1. The van der Waals surface area contributed by atoms with Crippen LogP contribution in [0, 0.1) is 0 Å². The molecule has 4 nitrogen and oxygen atoms in total. The molecule has 0 bridgehead atoms. The predicted octanol–water partition coefficient (Wildman–Crippen LogP) is 4.47. The van der Waals surface area contributed by atoms with E-state index in [0.29, 0.717) is 15.3 Å². The Morgan fingerprint density at radius 2 is 1.73 bits per heavy atom. The van der Waals surface area contributed by atoms with E-state index in [-0.39, 0.29) is 12.2 Å². The Balaban J connectivity index is 1.91. The number of hydrogen-bond donors (Lipinski definition) is 1. The van der Waals surface area contributed by atoms with Crippen LogP contribution in [0.4, 0.5) is 13.2 Å². The van der Waals surface area contributed by atoms with Gasteiger partial charge in [0.2, 0.25) is 0 Å². The van der Waals surface area contributed by atoms with Gasteiger partial charge in [0.1, 0.15) is 0 Å². The van der Waals surface area contributed by atoms with Gasteiger partial charge in [0.25, 0.3) is 5.91 Å². The average molecular weight is 380 g/mol. The molecule has 134 valence electrons. The summed E-state index contributed by atoms with van der Waals surface area (Å²) < 4.78 is 41.4. The molecule has 1 amide bonds. The van der Waals surface area contributed by atoms with Crippen LogP contribution in [0.5, 0.6) is 0 Å². The number of carbonyl (C=O) groups excluding carboxylic acids is 1. The Morgan fingerprint density at radius 1 is 1.08 bits per heavy atom. The first kappa shape index (κ1) is 18.0. The van der Waals surface area contributed by atoms with Gasteiger partial charge in [-0.3, -0.25) is 4.79 Å². The molecule has 0 saturated heterocycles. The van der Waals surface area contributed by atoms with Crippen LogP contribution in [0.15, 0.2) is 60.8 Å². The van der Waals surface area contributed by atoms with Gasteiger partial charge in [-0.1, -0.05) is 48.0 Å². The maximum atomic E-state index is 13.6. The summed E-state index contributed by atoms with van der Waals surface area (Å²) in [7, 11) is 0. The fourth-order valence-corrected chi connectivity index (χ4v) is 2.67. The number of alkyl halides is 3. The smallest absolute Gasteiger partial charge is 0.348 e. The van der Waals surface area contributed by atoms with Crippen molar-refractivity contribution in [2.75, 3.05) is 0 Å². The van der Waals surface area contributed by atoms with Crippen LogP contribution >= 0.6 is 11.6 Å². The molecule has 0 spiro atoms. The Morgan fingerprint density at radius 3 is 2.38 bits per heavy atom. The Hall–Kier alpha value is -2.80. The molecular weight excluding hydrogens is 367 g/mol. The van der Waals surface area contributed by atoms with Crippen LogP contribution < -0.4 is 5.32 Å². The molecular formula is C18H13ClF3N3O. The van der Waals surface area contributed by atoms with Crippen molar-refractivity contribution in [3.05, 3.63) is 82.6 Å². The molecule has 3 aromatic rings. The zero-order valence-corrected chi connectivity index (χ0v) is 14.1. The van der Waals surface area contributed by atoms with Crippen LogP contribution in [0.3, 0.4) is 0 Å². The molecule has 26 heavy (non-hydrogen) atoms. The lowest BCUT2D eigenvalue weighted by Gasteiger charge is -2.13. The molecule has 3 rings (SSSR count). The second-order valence-corrected chi connectivity index (χ2v) is 5.83. The Kier molecular flexibility index (Phi) is 4.99. The number of halogens is 4. The summed E-state index contributed by atoms with van der Waals surface area (Å²) in [6.07, 6.45) is -3.83. The summed E-state index contributed by atoms with van der Waals surface area (Å²) >= 11 is 5.99. The molecule has 0 aliphatic carbocycles. The number of amides is 1. The normalized spacial score (nSPS) is 11.4. The SMILES string of the molecule is O=C(NCc1ccccc1Cl)c1cnn(-c2ccccc2)c1C(F)(F)F. The van der Waals surface area contributed by atoms with E-state index >= 15 is 0 Å². The van der Waals surface area contributed by atoms with Gasteiger partial charge in [-0.2, -0.15) is 18.3 Å². The average Bonchev–Trinajstić information content (AvgIpc) is 3.07. The van der Waals surface area contributed by atoms with E-state index in [9.17, 15) is 18.0 Å². The van der Waals surface area contributed by atoms with Crippen molar-refractivity contribution in [3.63, 3.8) is 0 Å². The molecule has 0 atom stereocenters. The summed E-state index contributed by atoms with van der Waals surface area (Å²) in [5.41, 5.74) is -0.856. The van der Waals surface area contributed by atoms with Gasteiger partial charge in [0, 0.05) is 11.6 Å². The monoisotopic (exact) mass is 379 g/mol. The molecule has 1 heterocycles. The molecule has 8 heteroatoms. The summed E-state index contributed by atoms with van der Waals surface area (Å²) in [6.45, 7) is 0.00627. The molecule has 0 unspecified atom stereocenters. The van der Waals surface area contributed by atoms with Crippen LogP contribution in [0.1, 0.15) is 21.6 Å². The van der Waals surface area contributed by atoms with Gasteiger partial charge < -0.3 is 5.32 Å². The molecule has 0 fully saturated rings. The fraction of sp³-hybridized carbons (Fsp3) is 0.111. The highest BCUT2D eigenvalue weighted by atomic mass is 35.5. The maximum Gasteiger partial charge on any atom is 0.434 e. The van der Waals surface area contributed by atoms with E-state index in [4.69, 9.17) is 11.6 Å². The van der Waals surface area contributed by atoms with Gasteiger partial charge >= 0.3 is 6.18 Å². The van der Waals surface area contributed by atoms with Crippen molar-refractivity contribution in [1.29, 1.82) is 0 Å². The molecule has 0 aliphatic rings. The van der Waals surface area contributed by atoms with E-state index in [1.54, 1.807) is 42.5 Å². The second kappa shape index (κ2) is 7.21. The van der Waals surface area contributed by atoms with Crippen molar-refractivity contribution in [2.45, 2.75) is 12.7 Å². The van der Waals surface area contributed by atoms with Gasteiger partial charge in [-0.15, -0.1) is 0 Å². The number of hydrogen-bond acceptors (Lipinski definition) is 2. The Bertz CT molecular complexity index is 923. The first-order valence-electron chi connectivity index (χ1n) is 7.60. The van der Waals surface area contributed by atoms with Crippen molar-refractivity contribution >= 4 is 17.5 Å². The lowest BCUT2D eigenvalue weighted by Crippen LogP contribution is -2.26. The number of carbonyl (C=O) groups is 1. The largest absolute Gasteiger partial charge is 0.434 e. The highest BCUT2D eigenvalue weighted by molar-refractivity contribution is 6.31. The van der Waals surface area contributed by atoms with Crippen LogP contribution in [-0.2, 0) is 12.7 Å². The van der Waals surface area contributed by atoms with Crippen molar-refractivity contribution < 1.29 is 18.0 Å². The molecule has 0 saturated carbocycles. The van der Waals surface area contributed by atoms with Crippen molar-refractivity contribution in [3.8, 4) is 5.69 Å². The number of benzene rings is 2. The number of nitrogens with zero attached hydrogens (tertiary/aromatic N) is 2. The lowest BCUT2D eigenvalue weighted by molar-refractivity contribution is -0.143. The zero-order chi connectivity index (χ0) is 18.7. The first-order chi connectivity index (χ1) is 12.4. The standard InChI is InChI=1S/C18H13ClF3N3O/c19-15-9-5-4-6-12(15)10-23-17(26)14-11-24-25(16(14)18(20,21)22)13-7-2-1-3-8-13/h1-9,11H,10H2,(H,23,26). The van der Waals surface area contributed by atoms with Crippen LogP contribution in [-0.4, -0.2) is 15.7 Å². The second-order valence-electron chi connectivity index (χ2n) is 5.43. The number of para-hydroxylation sites is 1. The van der Waals surface area contributed by atoms with E-state index < -0.39 is 23.3 Å². The molecule has 1 aromatic heterocycles. The minimum absolute atomic E-state index is 0.00627. The topological polar surface area (TPSA) is 46.9 Å². The zero-order valence-electron chi connectivity index (χ0n) is 13.3. The molecule has 0 aliphatic heterocycles. The predicted molar refractivity (Wildman–Crippen MR) is 91.2 cm³/mol. The van der Waals surface area contributed by atoms with Gasteiger partial charge in [0.15, 0.2) is 5.69 Å². The summed E-state index contributed by atoms with van der Waals surface area (Å²) in [6, 6.07) is 14.6. The number of rotatable bonds is 4. The van der Waals surface area contributed by atoms with Crippen LogP contribution in [0.2, 0.25) is 5.02 Å². The maximum absolute atomic E-state index is 13.6. The minimum Gasteiger partial charge on any atom is -0.348 e. The van der Waals surface area contributed by atoms with Gasteiger partial charge in [0.05, 0.1) is 17.4 Å². The lowest BCUT2D eigenvalue weighted by atomic mass is 10.2. The summed E-state index contributed by atoms with van der Waals surface area (Å²) in [5, 5.41) is 6.63. The Labute approximate surface area is 152 Å². The quantitative estimate of drug-likeness (QED) is 0.726. The van der Waals surface area contributed by atoms with E-state index in [1.165, 1.54) is 12.1 Å². The summed E-state index contributed by atoms with van der Waals surface area (Å²) in [5.74, 6) is -0.876. The fourth-order valence-electron chi connectivity index (χ4n) is 2.46. The van der Waals surface area contributed by atoms with Crippen LogP contribution in [0.25, 0.3) is 5.69 Å². The third kappa shape index (κ3) is 3.72. The highest BCUT2D eigenvalue weighted by Crippen LogP contribution is 2.33. The number of aromatic nitrogens is 2. The summed E-state index contributed by atoms with van der Waals surface area (Å²) in [4.78, 5) is 12.3. The van der Waals surface area contributed by atoms with Gasteiger partial charge in [-0.25, -0.2) is 4.68 Å². The van der Waals surface area contributed by atoms with E-state index in [0.717, 1.165) is 6.20 Å². The minimum atomic E-state index is -4.75. The third-order valence-electron chi connectivity index (χ3n) is 3.68. The van der Waals surface area contributed by atoms with Gasteiger partial charge in [-0.05, 0) is 23.8 Å². The third-order valence-corrected chi connectivity index (χ3v) is 4.05. The van der Waals surface area contributed by atoms with Crippen molar-refractivity contribution in [1.82, 2.24) is 15.1 Å².